The first-order chi connectivity index (χ1) is 17.2. The van der Waals surface area contributed by atoms with Gasteiger partial charge in [-0.2, -0.15) is 0 Å². The van der Waals surface area contributed by atoms with E-state index in [0.29, 0.717) is 40.3 Å². The van der Waals surface area contributed by atoms with E-state index >= 15 is 0 Å². The molecule has 1 aliphatic heterocycles. The molecule has 0 aliphatic carbocycles. The number of nitrogens with one attached hydrogen (secondary N) is 2. The van der Waals surface area contributed by atoms with Crippen molar-refractivity contribution in [3.63, 3.8) is 0 Å². The number of hydrogen-bond acceptors (Lipinski definition) is 9. The van der Waals surface area contributed by atoms with Crippen molar-refractivity contribution in [1.82, 2.24) is 24.8 Å². The lowest BCUT2D eigenvalue weighted by Gasteiger charge is -2.32. The molecule has 0 spiro atoms. The molecule has 12 nitrogen and oxygen atoms in total. The number of anilines is 1. The third kappa shape index (κ3) is 5.05. The van der Waals surface area contributed by atoms with Crippen LogP contribution in [0.5, 0.6) is 0 Å². The maximum Gasteiger partial charge on any atom is 0.348 e. The van der Waals surface area contributed by atoms with Crippen molar-refractivity contribution >= 4 is 57.3 Å². The topological polar surface area (TPSA) is 147 Å². The summed E-state index contributed by atoms with van der Waals surface area (Å²) >= 11 is 13.3. The average molecular weight is 556 g/mol. The minimum absolute atomic E-state index is 0.0582. The summed E-state index contributed by atoms with van der Waals surface area (Å²) in [6.07, 6.45) is 3.71. The van der Waals surface area contributed by atoms with Gasteiger partial charge in [0.2, 0.25) is 0 Å². The number of aromatic amines is 1. The molecule has 1 aliphatic rings. The molecule has 0 aromatic carbocycles. The first-order valence-electron chi connectivity index (χ1n) is 10.7. The van der Waals surface area contributed by atoms with Gasteiger partial charge in [-0.3, -0.25) is 4.79 Å². The fourth-order valence-corrected chi connectivity index (χ4v) is 5.18. The number of rotatable bonds is 8. The van der Waals surface area contributed by atoms with Crippen LogP contribution in [0.2, 0.25) is 10.0 Å². The number of carboxylic acid groups (broad SMARTS) is 1. The molecular formula is C21H23Cl2N7O5S. The van der Waals surface area contributed by atoms with E-state index in [1.165, 1.54) is 14.2 Å². The number of piperidine rings is 1. The van der Waals surface area contributed by atoms with Gasteiger partial charge in [0.15, 0.2) is 11.0 Å². The van der Waals surface area contributed by atoms with Crippen LogP contribution in [-0.2, 0) is 16.3 Å². The van der Waals surface area contributed by atoms with Gasteiger partial charge in [0.1, 0.15) is 30.1 Å². The summed E-state index contributed by atoms with van der Waals surface area (Å²) in [4.78, 5) is 43.5. The van der Waals surface area contributed by atoms with Gasteiger partial charge < -0.3 is 34.4 Å². The molecule has 15 heteroatoms. The van der Waals surface area contributed by atoms with E-state index in [1.54, 1.807) is 23.9 Å². The van der Waals surface area contributed by atoms with Crippen LogP contribution in [0.15, 0.2) is 17.5 Å². The number of carbonyl (C=O) groups excluding carboxylic acids is 1. The maximum atomic E-state index is 12.9. The zero-order valence-electron chi connectivity index (χ0n) is 19.5. The van der Waals surface area contributed by atoms with Crippen molar-refractivity contribution in [3.05, 3.63) is 38.7 Å². The lowest BCUT2D eigenvalue weighted by molar-refractivity contribution is 0.0702. The summed E-state index contributed by atoms with van der Waals surface area (Å²) < 4.78 is 6.83. The highest BCUT2D eigenvalue weighted by atomic mass is 35.5. The van der Waals surface area contributed by atoms with E-state index in [2.05, 4.69) is 25.4 Å². The van der Waals surface area contributed by atoms with Crippen molar-refractivity contribution < 1.29 is 24.3 Å². The molecule has 3 aromatic heterocycles. The van der Waals surface area contributed by atoms with Gasteiger partial charge in [0.05, 0.1) is 28.3 Å². The standard InChI is InChI=1S/C21H23Cl2N7O5S/c1-10-13(22)14(23)15(25-10)19(31)26-11-4-6-29(8-12(11)28-35-3)21-27-16(17(36-21)20(32)33)18-24-5-7-30(18)9-34-2/h5,7,11,25H,4,6,8-9H2,1-3H3,(H,26,31)(H,32,33). The van der Waals surface area contributed by atoms with Crippen LogP contribution in [0.25, 0.3) is 11.5 Å². The number of thiazole rings is 1. The summed E-state index contributed by atoms with van der Waals surface area (Å²) in [7, 11) is 2.95. The molecule has 1 atom stereocenters. The molecule has 1 fully saturated rings. The fourth-order valence-electron chi connectivity index (χ4n) is 3.83. The van der Waals surface area contributed by atoms with Crippen LogP contribution >= 0.6 is 34.5 Å². The Morgan fingerprint density at radius 2 is 2.14 bits per heavy atom. The molecule has 0 radical (unpaired) electrons. The summed E-state index contributed by atoms with van der Waals surface area (Å²) in [6.45, 7) is 2.66. The van der Waals surface area contributed by atoms with Crippen molar-refractivity contribution in [2.24, 2.45) is 5.16 Å². The van der Waals surface area contributed by atoms with Crippen molar-refractivity contribution in [1.29, 1.82) is 0 Å². The Morgan fingerprint density at radius 3 is 2.78 bits per heavy atom. The van der Waals surface area contributed by atoms with Gasteiger partial charge in [-0.1, -0.05) is 39.7 Å². The number of carbonyl (C=O) groups is 2. The average Bonchev–Trinajstić information content (AvgIpc) is 3.55. The summed E-state index contributed by atoms with van der Waals surface area (Å²) in [5.74, 6) is -1.14. The highest BCUT2D eigenvalue weighted by molar-refractivity contribution is 7.17. The monoisotopic (exact) mass is 555 g/mol. The lowest BCUT2D eigenvalue weighted by atomic mass is 10.0. The number of imidazole rings is 1. The third-order valence-electron chi connectivity index (χ3n) is 5.51. The summed E-state index contributed by atoms with van der Waals surface area (Å²) in [6, 6.07) is -0.439. The number of carboxylic acids is 1. The van der Waals surface area contributed by atoms with Crippen molar-refractivity contribution in [3.8, 4) is 11.5 Å². The first kappa shape index (κ1) is 25.9. The molecule has 4 heterocycles. The van der Waals surface area contributed by atoms with Crippen LogP contribution in [0.1, 0.15) is 32.3 Å². The quantitative estimate of drug-likeness (QED) is 0.359. The van der Waals surface area contributed by atoms with E-state index in [0.717, 1.165) is 11.3 Å². The minimum Gasteiger partial charge on any atom is -0.477 e. The second kappa shape index (κ2) is 10.9. The number of nitrogens with zero attached hydrogens (tertiary/aromatic N) is 5. The molecule has 36 heavy (non-hydrogen) atoms. The van der Waals surface area contributed by atoms with Gasteiger partial charge in [-0.05, 0) is 13.3 Å². The highest BCUT2D eigenvalue weighted by Gasteiger charge is 2.32. The normalized spacial score (nSPS) is 17.0. The van der Waals surface area contributed by atoms with Crippen molar-refractivity contribution in [2.45, 2.75) is 26.1 Å². The number of aromatic nitrogens is 4. The van der Waals surface area contributed by atoms with Crippen LogP contribution in [-0.4, -0.2) is 75.6 Å². The highest BCUT2D eigenvalue weighted by Crippen LogP contribution is 2.34. The van der Waals surface area contributed by atoms with Gasteiger partial charge >= 0.3 is 5.97 Å². The SMILES string of the molecule is COCn1ccnc1-c1nc(N2CCC(NC(=O)c3[nH]c(C)c(Cl)c3Cl)C(=NOC)C2)sc1C(=O)O. The Bertz CT molecular complexity index is 1320. The number of ether oxygens (including phenoxy) is 1. The Morgan fingerprint density at radius 1 is 1.36 bits per heavy atom. The number of hydrogen-bond donors (Lipinski definition) is 3. The predicted octanol–water partition coefficient (Wildman–Crippen LogP) is 3.26. The lowest BCUT2D eigenvalue weighted by Crippen LogP contribution is -2.52. The van der Waals surface area contributed by atoms with E-state index in [4.69, 9.17) is 32.8 Å². The molecule has 4 rings (SSSR count). The molecule has 0 bridgehead atoms. The molecule has 192 valence electrons. The van der Waals surface area contributed by atoms with Gasteiger partial charge in [-0.15, -0.1) is 0 Å². The first-order valence-corrected chi connectivity index (χ1v) is 12.3. The number of H-pyrrole nitrogens is 1. The van der Waals surface area contributed by atoms with Gasteiger partial charge in [-0.25, -0.2) is 14.8 Å². The molecule has 1 saturated heterocycles. The second-order valence-corrected chi connectivity index (χ2v) is 9.61. The number of aryl methyl sites for hydroxylation is 1. The van der Waals surface area contributed by atoms with E-state index in [9.17, 15) is 14.7 Å². The Hall–Kier alpha value is -3.13. The van der Waals surface area contributed by atoms with Crippen LogP contribution < -0.4 is 10.2 Å². The predicted molar refractivity (Wildman–Crippen MR) is 135 cm³/mol. The van der Waals surface area contributed by atoms with Crippen LogP contribution in [0.3, 0.4) is 0 Å². The van der Waals surface area contributed by atoms with Crippen molar-refractivity contribution in [2.75, 3.05) is 32.2 Å². The molecular weight excluding hydrogens is 533 g/mol. The number of halogens is 2. The molecule has 0 saturated carbocycles. The van der Waals surface area contributed by atoms with E-state index < -0.39 is 17.9 Å². The Labute approximate surface area is 219 Å². The Kier molecular flexibility index (Phi) is 7.83. The summed E-state index contributed by atoms with van der Waals surface area (Å²) in [5.41, 5.74) is 1.55. The van der Waals surface area contributed by atoms with Crippen LogP contribution in [0, 0.1) is 6.92 Å². The zero-order valence-corrected chi connectivity index (χ0v) is 21.9. The van der Waals surface area contributed by atoms with Crippen LogP contribution in [0.4, 0.5) is 5.13 Å². The van der Waals surface area contributed by atoms with E-state index in [-0.39, 0.29) is 34.6 Å². The zero-order chi connectivity index (χ0) is 26.0. The van der Waals surface area contributed by atoms with Gasteiger partial charge in [0, 0.05) is 31.7 Å². The molecule has 1 unspecified atom stereocenters. The smallest absolute Gasteiger partial charge is 0.348 e. The van der Waals surface area contributed by atoms with E-state index in [1.807, 2.05) is 4.90 Å². The summed E-state index contributed by atoms with van der Waals surface area (Å²) in [5, 5.41) is 17.7. The third-order valence-corrected chi connectivity index (χ3v) is 7.57. The fraction of sp³-hybridized carbons (Fsp3) is 0.381. The Balaban J connectivity index is 1.57. The second-order valence-electron chi connectivity index (χ2n) is 7.87. The number of methoxy groups -OCH3 is 1. The molecule has 3 aromatic rings. The molecule has 3 N–H and O–H groups in total. The maximum absolute atomic E-state index is 12.9. The van der Waals surface area contributed by atoms with Gasteiger partial charge in [0.25, 0.3) is 5.91 Å². The molecule has 1 amide bonds. The number of aromatic carboxylic acids is 1. The minimum atomic E-state index is -1.11. The number of oxime groups is 1. The largest absolute Gasteiger partial charge is 0.477 e. The number of amides is 1.